The molecular formula is C93H89ClF5N13O9. The molecule has 8 heterocycles. The number of Topliss-reactive ketones (excluding diaryl/α,β-unsaturated/α-hetero) is 4. The van der Waals surface area contributed by atoms with Gasteiger partial charge in [-0.05, 0) is 158 Å². The number of aryl methyl sites for hydroxylation is 4. The van der Waals surface area contributed by atoms with Crippen LogP contribution in [0.15, 0.2) is 219 Å². The number of carbonyl (C=O) groups excluding carboxylic acids is 8. The number of nitrogens with two attached hydrogens (primary N) is 1. The van der Waals surface area contributed by atoms with Gasteiger partial charge in [0, 0.05) is 208 Å². The van der Waals surface area contributed by atoms with Crippen LogP contribution in [0, 0.1) is 29.2 Å². The molecule has 622 valence electrons. The predicted molar refractivity (Wildman–Crippen MR) is 457 cm³/mol. The molecule has 8 aromatic heterocycles. The maximum absolute atomic E-state index is 14.7. The Morgan fingerprint density at radius 2 is 0.628 bits per heavy atom. The van der Waals surface area contributed by atoms with E-state index < -0.39 is 29.2 Å². The van der Waals surface area contributed by atoms with Gasteiger partial charge in [-0.15, -0.1) is 0 Å². The first-order valence-corrected chi connectivity index (χ1v) is 39.1. The zero-order valence-electron chi connectivity index (χ0n) is 68.2. The van der Waals surface area contributed by atoms with E-state index in [9.17, 15) is 60.3 Å². The number of rotatable bonds is 29. The van der Waals surface area contributed by atoms with Gasteiger partial charge in [0.2, 0.25) is 35.5 Å². The molecular weight excluding hydrogens is 1570 g/mol. The molecule has 0 atom stereocenters. The molecule has 0 spiro atoms. The molecule has 121 heavy (non-hydrogen) atoms. The summed E-state index contributed by atoms with van der Waals surface area (Å²) < 4.78 is 77.3. The van der Waals surface area contributed by atoms with Gasteiger partial charge in [-0.3, -0.25) is 58.3 Å². The minimum absolute atomic E-state index is 0.0931. The van der Waals surface area contributed by atoms with Crippen LogP contribution in [-0.4, -0.2) is 122 Å². The van der Waals surface area contributed by atoms with Crippen LogP contribution >= 0.6 is 11.6 Å². The molecule has 28 heteroatoms. The van der Waals surface area contributed by atoms with Crippen molar-refractivity contribution in [1.29, 1.82) is 0 Å². The number of nitrogens with zero attached hydrogens (tertiary/aromatic N) is 12. The number of ether oxygens (including phenoxy) is 1. The molecule has 4 amide bonds. The van der Waals surface area contributed by atoms with Crippen molar-refractivity contribution in [3.63, 3.8) is 0 Å². The maximum atomic E-state index is 14.7. The minimum Gasteiger partial charge on any atom is -0.481 e. The molecule has 0 aliphatic rings. The second-order valence-corrected chi connectivity index (χ2v) is 27.8. The number of amides is 4. The van der Waals surface area contributed by atoms with Crippen LogP contribution in [-0.2, 0) is 44.9 Å². The molecule has 0 fully saturated rings. The van der Waals surface area contributed by atoms with Crippen LogP contribution in [0.3, 0.4) is 0 Å². The highest BCUT2D eigenvalue weighted by Crippen LogP contribution is 2.33. The van der Waals surface area contributed by atoms with Crippen LogP contribution in [0.1, 0.15) is 143 Å². The van der Waals surface area contributed by atoms with Gasteiger partial charge in [-0.1, -0.05) is 87.8 Å². The fourth-order valence-electron chi connectivity index (χ4n) is 12.4. The van der Waals surface area contributed by atoms with E-state index in [1.54, 1.807) is 203 Å². The quantitative estimate of drug-likeness (QED) is 0.0259. The number of pyridine rings is 8. The molecule has 2 N–H and O–H groups in total. The summed E-state index contributed by atoms with van der Waals surface area (Å²) in [5.74, 6) is -2.55. The minimum atomic E-state index is -0.584. The van der Waals surface area contributed by atoms with Crippen molar-refractivity contribution < 1.29 is 65.0 Å². The van der Waals surface area contributed by atoms with Gasteiger partial charge < -0.3 is 30.1 Å². The fraction of sp³-hybridized carbons (Fsp3) is 0.226. The van der Waals surface area contributed by atoms with E-state index in [0.717, 1.165) is 16.7 Å². The van der Waals surface area contributed by atoms with E-state index in [1.807, 2.05) is 18.2 Å². The summed E-state index contributed by atoms with van der Waals surface area (Å²) in [5, 5.41) is 0.388. The molecule has 12 aromatic rings. The van der Waals surface area contributed by atoms with Gasteiger partial charge in [0.15, 0.2) is 23.1 Å². The van der Waals surface area contributed by atoms with E-state index in [2.05, 4.69) is 39.9 Å². The van der Waals surface area contributed by atoms with Crippen LogP contribution in [0.5, 0.6) is 5.88 Å². The van der Waals surface area contributed by atoms with E-state index in [4.69, 9.17) is 22.1 Å². The number of anilines is 5. The number of hydrogen-bond acceptors (Lipinski definition) is 18. The normalized spacial score (nSPS) is 10.6. The molecule has 0 saturated heterocycles. The fourth-order valence-corrected chi connectivity index (χ4v) is 12.6. The lowest BCUT2D eigenvalue weighted by Crippen LogP contribution is -2.25. The highest BCUT2D eigenvalue weighted by molar-refractivity contribution is 6.30. The Morgan fingerprint density at radius 1 is 0.347 bits per heavy atom. The number of halogens is 6. The molecule has 0 saturated carbocycles. The largest absolute Gasteiger partial charge is 0.481 e. The second kappa shape index (κ2) is 44.1. The van der Waals surface area contributed by atoms with Gasteiger partial charge in [0.05, 0.1) is 7.11 Å². The van der Waals surface area contributed by atoms with Gasteiger partial charge in [0.1, 0.15) is 57.0 Å². The molecule has 0 aliphatic carbocycles. The average molecular weight is 1660 g/mol. The molecule has 22 nitrogen and oxygen atoms in total. The third-order valence-corrected chi connectivity index (χ3v) is 20.0. The van der Waals surface area contributed by atoms with Crippen LogP contribution < -0.4 is 30.1 Å². The monoisotopic (exact) mass is 1660 g/mol. The summed E-state index contributed by atoms with van der Waals surface area (Å²) in [5.41, 5.74) is 15.3. The first-order valence-electron chi connectivity index (χ1n) is 38.7. The molecule has 0 radical (unpaired) electrons. The molecule has 4 aromatic carbocycles. The van der Waals surface area contributed by atoms with Crippen molar-refractivity contribution in [2.24, 2.45) is 0 Å². The summed E-state index contributed by atoms with van der Waals surface area (Å²) in [4.78, 5) is 135. The van der Waals surface area contributed by atoms with Crippen LogP contribution in [0.2, 0.25) is 5.15 Å². The Hall–Kier alpha value is -13.8. The Morgan fingerprint density at radius 3 is 0.917 bits per heavy atom. The zero-order valence-corrected chi connectivity index (χ0v) is 68.9. The molecule has 0 unspecified atom stereocenters. The summed E-state index contributed by atoms with van der Waals surface area (Å²) in [6.07, 6.45) is 15.9. The third kappa shape index (κ3) is 24.7. The van der Waals surface area contributed by atoms with Crippen molar-refractivity contribution in [3.8, 4) is 50.4 Å². The smallest absolute Gasteiger partial charge is 0.226 e. The van der Waals surface area contributed by atoms with Crippen molar-refractivity contribution in [1.82, 2.24) is 39.9 Å². The number of carbonyl (C=O) groups is 8. The average Bonchev–Trinajstić information content (AvgIpc) is 0.826. The Kier molecular flexibility index (Phi) is 33.2. The van der Waals surface area contributed by atoms with E-state index in [-0.39, 0.29) is 84.6 Å². The van der Waals surface area contributed by atoms with Crippen molar-refractivity contribution in [3.05, 3.63) is 299 Å². The Balaban J connectivity index is 0.000000183. The van der Waals surface area contributed by atoms with Gasteiger partial charge in [0.25, 0.3) is 0 Å². The van der Waals surface area contributed by atoms with Gasteiger partial charge in [-0.25, -0.2) is 37.5 Å². The van der Waals surface area contributed by atoms with Crippen LogP contribution in [0.25, 0.3) is 44.5 Å². The van der Waals surface area contributed by atoms with Crippen molar-refractivity contribution in [2.45, 2.75) is 105 Å². The van der Waals surface area contributed by atoms with E-state index >= 15 is 0 Å². The van der Waals surface area contributed by atoms with Gasteiger partial charge in [-0.2, -0.15) is 4.39 Å². The maximum Gasteiger partial charge on any atom is 0.226 e. The summed E-state index contributed by atoms with van der Waals surface area (Å²) in [6.45, 7) is 7.00. The second-order valence-electron chi connectivity index (χ2n) is 27.4. The van der Waals surface area contributed by atoms with E-state index in [1.165, 1.54) is 80.9 Å². The van der Waals surface area contributed by atoms with Crippen LogP contribution in [0.4, 0.5) is 50.5 Å². The molecule has 0 bridgehead atoms. The number of methoxy groups -OCH3 is 1. The number of hydrogen-bond donors (Lipinski definition) is 1. The Labute approximate surface area is 702 Å². The third-order valence-electron chi connectivity index (χ3n) is 19.6. The van der Waals surface area contributed by atoms with Crippen molar-refractivity contribution >= 4 is 86.9 Å². The lowest BCUT2D eigenvalue weighted by atomic mass is 10.0. The van der Waals surface area contributed by atoms with E-state index in [0.29, 0.717) is 152 Å². The lowest BCUT2D eigenvalue weighted by molar-refractivity contribution is -0.118. The molecule has 0 aliphatic heterocycles. The predicted octanol–water partition coefficient (Wildman–Crippen LogP) is 18.3. The number of benzene rings is 4. The molecule has 12 rings (SSSR count). The standard InChI is InChI=1S/C24H24FN3O3.C23H21ClFN3O2.C23H21F2N3O2.C23H23FN4O2/c1-4-23(30)28(2)18-9-10-19(20(25)14-18)17-7-11-21(27-15-17)22(29)12-8-16-6-5-13-26-24(16)31-3;1-3-22(30)28(2)17-8-9-18(19(25)13-17)16-6-10-20(27-14-16)21(29)11-7-15-5-4-12-26-23(15)24;2*1-3-22(30)28(2)17-8-9-18(19(24)13-17)16-6-10-20(27-14-16)21(29)11-7-15-5-4-12-26-23(15)25/h5-7,9-11,13-15H,4,8,12H2,1-3H3;2*4-6,8-10,12-14H,3,7,11H2,1-2H3;4-6,8-10,12-14H,3,7,11H2,1-2H3,(H2,25,26). The Bertz CT molecular complexity index is 5270. The topological polar surface area (TPSA) is 288 Å². The summed E-state index contributed by atoms with van der Waals surface area (Å²) >= 11 is 6.02. The lowest BCUT2D eigenvalue weighted by Gasteiger charge is -2.17. The number of ketones is 4. The zero-order chi connectivity index (χ0) is 87.4. The summed E-state index contributed by atoms with van der Waals surface area (Å²) in [7, 11) is 7.98. The van der Waals surface area contributed by atoms with Crippen molar-refractivity contribution in [2.75, 3.05) is 60.6 Å². The highest BCUT2D eigenvalue weighted by Gasteiger charge is 2.22. The first-order chi connectivity index (χ1) is 58.1. The van der Waals surface area contributed by atoms with Gasteiger partial charge >= 0.3 is 0 Å². The number of aromatic nitrogens is 8. The summed E-state index contributed by atoms with van der Waals surface area (Å²) in [6, 6.07) is 45.4. The SMILES string of the molecule is CCC(=O)N(C)c1ccc(-c2ccc(C(=O)CCc3cccnc3Cl)nc2)c(F)c1.CCC(=O)N(C)c1ccc(-c2ccc(C(=O)CCc3cccnc3F)nc2)c(F)c1.CCC(=O)N(C)c1ccc(-c2ccc(C(=O)CCc3cccnc3N)nc2)c(F)c1.CCC(=O)N(C)c1ccc(-c2ccc(C(=O)CCc3cccnc3OC)nc2)c(F)c1. The highest BCUT2D eigenvalue weighted by atomic mass is 35.5. The first kappa shape index (κ1) is 91.1. The number of nitrogen functional groups attached to an aromatic ring is 1.